The summed E-state index contributed by atoms with van der Waals surface area (Å²) >= 11 is 0. The predicted octanol–water partition coefficient (Wildman–Crippen LogP) is 1.00. The SMILES string of the molecule is [C]#CCOC(C)C. The molecule has 1 radical (unpaired) electrons. The van der Waals surface area contributed by atoms with Gasteiger partial charge in [-0.2, -0.15) is 0 Å². The van der Waals surface area contributed by atoms with Crippen LogP contribution in [0, 0.1) is 12.3 Å². The Kier molecular flexibility index (Phi) is 3.45. The smallest absolute Gasteiger partial charge is 0.109 e. The standard InChI is InChI=1S/C6H9O/c1-4-5-7-6(2)3/h6H,5H2,2-3H3. The minimum Gasteiger partial charge on any atom is -0.366 e. The van der Waals surface area contributed by atoms with Gasteiger partial charge in [-0.05, 0) is 20.3 Å². The van der Waals surface area contributed by atoms with Crippen molar-refractivity contribution in [2.45, 2.75) is 20.0 Å². The van der Waals surface area contributed by atoms with Gasteiger partial charge in [-0.15, -0.1) is 0 Å². The van der Waals surface area contributed by atoms with Gasteiger partial charge in [-0.25, -0.2) is 0 Å². The van der Waals surface area contributed by atoms with Crippen LogP contribution in [0.15, 0.2) is 0 Å². The zero-order chi connectivity index (χ0) is 5.70. The summed E-state index contributed by atoms with van der Waals surface area (Å²) in [5.41, 5.74) is 0. The molecule has 0 aliphatic carbocycles. The van der Waals surface area contributed by atoms with E-state index < -0.39 is 0 Å². The molecule has 0 N–H and O–H groups in total. The third kappa shape index (κ3) is 5.52. The molecule has 0 rings (SSSR count). The van der Waals surface area contributed by atoms with Crippen LogP contribution in [0.3, 0.4) is 0 Å². The minimum absolute atomic E-state index is 0.220. The lowest BCUT2D eigenvalue weighted by atomic mass is 10.5. The maximum atomic E-state index is 6.42. The van der Waals surface area contributed by atoms with Crippen molar-refractivity contribution < 1.29 is 4.74 Å². The maximum Gasteiger partial charge on any atom is 0.109 e. The van der Waals surface area contributed by atoms with Gasteiger partial charge in [-0.1, -0.05) is 5.92 Å². The molecule has 0 bridgehead atoms. The van der Waals surface area contributed by atoms with Gasteiger partial charge < -0.3 is 4.74 Å². The molecular weight excluding hydrogens is 88.1 g/mol. The summed E-state index contributed by atoms with van der Waals surface area (Å²) in [6, 6.07) is 0. The molecule has 0 fully saturated rings. The molecule has 0 aliphatic heterocycles. The number of ether oxygens (including phenoxy) is 1. The van der Waals surface area contributed by atoms with E-state index in [0.717, 1.165) is 0 Å². The van der Waals surface area contributed by atoms with Crippen molar-refractivity contribution in [2.75, 3.05) is 6.61 Å². The molecule has 0 spiro atoms. The van der Waals surface area contributed by atoms with Gasteiger partial charge in [0.25, 0.3) is 0 Å². The second-order valence-electron chi connectivity index (χ2n) is 1.54. The van der Waals surface area contributed by atoms with Crippen LogP contribution in [0.25, 0.3) is 0 Å². The lowest BCUT2D eigenvalue weighted by molar-refractivity contribution is 0.106. The molecule has 0 unspecified atom stereocenters. The molecular formula is C6H9O. The monoisotopic (exact) mass is 97.1 g/mol. The Balaban J connectivity index is 2.86. The highest BCUT2D eigenvalue weighted by molar-refractivity contribution is 4.73. The van der Waals surface area contributed by atoms with Gasteiger partial charge >= 0.3 is 0 Å². The van der Waals surface area contributed by atoms with E-state index in [1.807, 2.05) is 13.8 Å². The Labute approximate surface area is 44.7 Å². The molecule has 0 saturated carbocycles. The molecule has 0 aromatic rings. The van der Waals surface area contributed by atoms with E-state index in [-0.39, 0.29) is 6.10 Å². The van der Waals surface area contributed by atoms with E-state index in [1.165, 1.54) is 0 Å². The lowest BCUT2D eigenvalue weighted by Crippen LogP contribution is -2.01. The molecule has 1 nitrogen and oxygen atoms in total. The van der Waals surface area contributed by atoms with E-state index in [1.54, 1.807) is 0 Å². The summed E-state index contributed by atoms with van der Waals surface area (Å²) in [6.07, 6.45) is 6.64. The Hall–Kier alpha value is -0.480. The summed E-state index contributed by atoms with van der Waals surface area (Å²) < 4.78 is 4.89. The average Bonchev–Trinajstić information content (AvgIpc) is 1.61. The van der Waals surface area contributed by atoms with Gasteiger partial charge in [0.15, 0.2) is 0 Å². The molecule has 0 amide bonds. The predicted molar refractivity (Wildman–Crippen MR) is 28.2 cm³/mol. The van der Waals surface area contributed by atoms with Crippen molar-refractivity contribution in [3.05, 3.63) is 6.42 Å². The van der Waals surface area contributed by atoms with Gasteiger partial charge in [0, 0.05) is 0 Å². The number of hydrogen-bond acceptors (Lipinski definition) is 1. The van der Waals surface area contributed by atoms with Crippen LogP contribution in [0.4, 0.5) is 0 Å². The normalized spacial score (nSPS) is 8.86. The second kappa shape index (κ2) is 3.70. The summed E-state index contributed by atoms with van der Waals surface area (Å²) in [5, 5.41) is 0. The van der Waals surface area contributed by atoms with E-state index in [2.05, 4.69) is 5.92 Å². The molecule has 0 heterocycles. The van der Waals surface area contributed by atoms with Crippen molar-refractivity contribution in [1.82, 2.24) is 0 Å². The van der Waals surface area contributed by atoms with Crippen molar-refractivity contribution in [3.8, 4) is 5.92 Å². The molecule has 7 heavy (non-hydrogen) atoms. The lowest BCUT2D eigenvalue weighted by Gasteiger charge is -1.99. The van der Waals surface area contributed by atoms with E-state index >= 15 is 0 Å². The molecule has 1 heteroatoms. The van der Waals surface area contributed by atoms with Crippen molar-refractivity contribution in [1.29, 1.82) is 0 Å². The fourth-order valence-corrected chi connectivity index (χ4v) is 0.208. The zero-order valence-electron chi connectivity index (χ0n) is 4.69. The van der Waals surface area contributed by atoms with Gasteiger partial charge in [0.2, 0.25) is 0 Å². The van der Waals surface area contributed by atoms with Crippen LogP contribution < -0.4 is 0 Å². The van der Waals surface area contributed by atoms with Crippen LogP contribution in [-0.2, 0) is 4.74 Å². The summed E-state index contributed by atoms with van der Waals surface area (Å²) in [5.74, 6) is 2.13. The van der Waals surface area contributed by atoms with Crippen molar-refractivity contribution >= 4 is 0 Å². The third-order valence-electron chi connectivity index (χ3n) is 0.489. The maximum absolute atomic E-state index is 6.42. The Morgan fingerprint density at radius 2 is 2.29 bits per heavy atom. The zero-order valence-corrected chi connectivity index (χ0v) is 4.69. The third-order valence-corrected chi connectivity index (χ3v) is 0.489. The van der Waals surface area contributed by atoms with E-state index in [4.69, 9.17) is 11.2 Å². The van der Waals surface area contributed by atoms with Crippen LogP contribution >= 0.6 is 0 Å². The first kappa shape index (κ1) is 6.52. The summed E-state index contributed by atoms with van der Waals surface area (Å²) in [6.45, 7) is 4.17. The highest BCUT2D eigenvalue weighted by Gasteiger charge is 1.85. The van der Waals surface area contributed by atoms with Crippen LogP contribution in [0.5, 0.6) is 0 Å². The second-order valence-corrected chi connectivity index (χ2v) is 1.54. The quantitative estimate of drug-likeness (QED) is 0.467. The Morgan fingerprint density at radius 1 is 1.71 bits per heavy atom. The van der Waals surface area contributed by atoms with E-state index in [9.17, 15) is 0 Å². The molecule has 0 aliphatic rings. The molecule has 0 aromatic heterocycles. The molecule has 39 valence electrons. The fourth-order valence-electron chi connectivity index (χ4n) is 0.208. The molecule has 0 atom stereocenters. The van der Waals surface area contributed by atoms with Crippen molar-refractivity contribution in [3.63, 3.8) is 0 Å². The minimum atomic E-state index is 0.220. The molecule has 0 saturated heterocycles. The van der Waals surface area contributed by atoms with Crippen LogP contribution in [0.2, 0.25) is 0 Å². The van der Waals surface area contributed by atoms with Crippen molar-refractivity contribution in [2.24, 2.45) is 0 Å². The Bertz CT molecular complexity index is 68.7. The van der Waals surface area contributed by atoms with Crippen LogP contribution in [-0.4, -0.2) is 12.7 Å². The Morgan fingerprint density at radius 3 is 2.43 bits per heavy atom. The number of rotatable bonds is 2. The average molecular weight is 97.1 g/mol. The number of hydrogen-bond donors (Lipinski definition) is 0. The summed E-state index contributed by atoms with van der Waals surface area (Å²) in [4.78, 5) is 0. The fraction of sp³-hybridized carbons (Fsp3) is 0.667. The topological polar surface area (TPSA) is 9.23 Å². The van der Waals surface area contributed by atoms with Gasteiger partial charge in [-0.3, -0.25) is 0 Å². The van der Waals surface area contributed by atoms with E-state index in [0.29, 0.717) is 6.61 Å². The molecule has 0 aromatic carbocycles. The first-order chi connectivity index (χ1) is 3.27. The highest BCUT2D eigenvalue weighted by atomic mass is 16.5. The first-order valence-electron chi connectivity index (χ1n) is 2.28. The highest BCUT2D eigenvalue weighted by Crippen LogP contribution is 1.83. The van der Waals surface area contributed by atoms with Crippen LogP contribution in [0.1, 0.15) is 13.8 Å². The summed E-state index contributed by atoms with van der Waals surface area (Å²) in [7, 11) is 0. The first-order valence-corrected chi connectivity index (χ1v) is 2.28. The largest absolute Gasteiger partial charge is 0.366 e. The van der Waals surface area contributed by atoms with Gasteiger partial charge in [0.05, 0.1) is 6.10 Å². The van der Waals surface area contributed by atoms with Gasteiger partial charge in [0.1, 0.15) is 6.61 Å².